The molecule has 0 aromatic rings. The average molecular weight is 392 g/mol. The Morgan fingerprint density at radius 1 is 0.667 bits per heavy atom. The van der Waals surface area contributed by atoms with Crippen LogP contribution in [0.1, 0.15) is 51.9 Å². The van der Waals surface area contributed by atoms with Crippen molar-refractivity contribution >= 4 is 5.97 Å². The third kappa shape index (κ3) is 23.2. The summed E-state index contributed by atoms with van der Waals surface area (Å²) in [5.41, 5.74) is 0. The standard InChI is InChI=1S/C20H41NO6/c1-3-4-5-6-7-8-9-20(22)27-19-18-26-17-16-25-15-14-24-13-12-23-11-10-21-2/h21H,3-19H2,1-2H3. The number of rotatable bonds is 22. The summed E-state index contributed by atoms with van der Waals surface area (Å²) in [7, 11) is 1.89. The molecule has 0 heterocycles. The fourth-order valence-corrected chi connectivity index (χ4v) is 2.27. The quantitative estimate of drug-likeness (QED) is 0.224. The molecule has 0 unspecified atom stereocenters. The van der Waals surface area contributed by atoms with E-state index >= 15 is 0 Å². The van der Waals surface area contributed by atoms with Crippen LogP contribution in [0.25, 0.3) is 0 Å². The molecular weight excluding hydrogens is 350 g/mol. The predicted octanol–water partition coefficient (Wildman–Crippen LogP) is 2.57. The molecule has 0 aliphatic heterocycles. The van der Waals surface area contributed by atoms with Crippen molar-refractivity contribution in [2.24, 2.45) is 0 Å². The largest absolute Gasteiger partial charge is 0.463 e. The summed E-state index contributed by atoms with van der Waals surface area (Å²) in [6, 6.07) is 0. The van der Waals surface area contributed by atoms with Crippen LogP contribution >= 0.6 is 0 Å². The molecule has 0 atom stereocenters. The molecule has 7 nitrogen and oxygen atoms in total. The highest BCUT2D eigenvalue weighted by molar-refractivity contribution is 5.69. The fraction of sp³-hybridized carbons (Fsp3) is 0.950. The molecule has 1 N–H and O–H groups in total. The Labute approximate surface area is 165 Å². The highest BCUT2D eigenvalue weighted by atomic mass is 16.6. The molecule has 0 rings (SSSR count). The van der Waals surface area contributed by atoms with Gasteiger partial charge in [0.05, 0.1) is 52.9 Å². The lowest BCUT2D eigenvalue weighted by Gasteiger charge is -2.08. The normalized spacial score (nSPS) is 11.0. The second kappa shape index (κ2) is 23.3. The molecule has 0 saturated carbocycles. The van der Waals surface area contributed by atoms with E-state index in [4.69, 9.17) is 23.7 Å². The van der Waals surface area contributed by atoms with Gasteiger partial charge >= 0.3 is 5.97 Å². The second-order valence-corrected chi connectivity index (χ2v) is 6.29. The van der Waals surface area contributed by atoms with Gasteiger partial charge < -0.3 is 29.0 Å². The van der Waals surface area contributed by atoms with Crippen molar-refractivity contribution in [1.29, 1.82) is 0 Å². The first-order valence-corrected chi connectivity index (χ1v) is 10.4. The summed E-state index contributed by atoms with van der Waals surface area (Å²) in [5, 5.41) is 3.01. The topological polar surface area (TPSA) is 75.3 Å². The van der Waals surface area contributed by atoms with Crippen molar-refractivity contribution in [2.75, 3.05) is 73.1 Å². The van der Waals surface area contributed by atoms with Crippen LogP contribution in [0.4, 0.5) is 0 Å². The zero-order valence-electron chi connectivity index (χ0n) is 17.5. The minimum absolute atomic E-state index is 0.127. The van der Waals surface area contributed by atoms with Gasteiger partial charge in [0.15, 0.2) is 0 Å². The summed E-state index contributed by atoms with van der Waals surface area (Å²) in [5.74, 6) is -0.127. The summed E-state index contributed by atoms with van der Waals surface area (Å²) in [6.45, 7) is 7.72. The van der Waals surface area contributed by atoms with E-state index in [1.165, 1.54) is 25.7 Å². The van der Waals surface area contributed by atoms with Crippen LogP contribution in [-0.4, -0.2) is 79.0 Å². The first-order valence-electron chi connectivity index (χ1n) is 10.4. The third-order valence-corrected chi connectivity index (χ3v) is 3.84. The van der Waals surface area contributed by atoms with Crippen LogP contribution < -0.4 is 5.32 Å². The minimum atomic E-state index is -0.127. The van der Waals surface area contributed by atoms with Crippen LogP contribution in [0.5, 0.6) is 0 Å². The Kier molecular flexibility index (Phi) is 22.7. The van der Waals surface area contributed by atoms with Crippen molar-refractivity contribution in [2.45, 2.75) is 51.9 Å². The van der Waals surface area contributed by atoms with E-state index in [0.29, 0.717) is 65.9 Å². The lowest BCUT2D eigenvalue weighted by molar-refractivity contribution is -0.145. The monoisotopic (exact) mass is 391 g/mol. The molecule has 0 spiro atoms. The maximum absolute atomic E-state index is 11.5. The molecule has 0 radical (unpaired) electrons. The second-order valence-electron chi connectivity index (χ2n) is 6.29. The predicted molar refractivity (Wildman–Crippen MR) is 106 cm³/mol. The minimum Gasteiger partial charge on any atom is -0.463 e. The number of hydrogen-bond acceptors (Lipinski definition) is 7. The van der Waals surface area contributed by atoms with E-state index in [0.717, 1.165) is 19.4 Å². The van der Waals surface area contributed by atoms with Crippen molar-refractivity contribution in [3.05, 3.63) is 0 Å². The summed E-state index contributed by atoms with van der Waals surface area (Å²) in [4.78, 5) is 11.5. The Bertz CT molecular complexity index is 304. The first kappa shape index (κ1) is 26.3. The summed E-state index contributed by atoms with van der Waals surface area (Å²) >= 11 is 0. The molecule has 0 aromatic heterocycles. The van der Waals surface area contributed by atoms with Crippen molar-refractivity contribution in [1.82, 2.24) is 5.32 Å². The maximum atomic E-state index is 11.5. The zero-order chi connectivity index (χ0) is 19.8. The number of nitrogens with one attached hydrogen (secondary N) is 1. The highest BCUT2D eigenvalue weighted by Gasteiger charge is 2.02. The van der Waals surface area contributed by atoms with Gasteiger partial charge in [0.1, 0.15) is 6.61 Å². The van der Waals surface area contributed by atoms with Crippen molar-refractivity contribution < 1.29 is 28.5 Å². The molecule has 0 bridgehead atoms. The number of esters is 1. The fourth-order valence-electron chi connectivity index (χ4n) is 2.27. The van der Waals surface area contributed by atoms with Crippen LogP contribution in [0.15, 0.2) is 0 Å². The lowest BCUT2D eigenvalue weighted by atomic mass is 10.1. The summed E-state index contributed by atoms with van der Waals surface area (Å²) < 4.78 is 26.6. The molecule has 0 aliphatic rings. The number of ether oxygens (including phenoxy) is 5. The average Bonchev–Trinajstić information content (AvgIpc) is 2.67. The van der Waals surface area contributed by atoms with Gasteiger partial charge in [-0.05, 0) is 13.5 Å². The molecule has 0 aromatic carbocycles. The number of likely N-dealkylation sites (N-methyl/N-ethyl adjacent to an activating group) is 1. The van der Waals surface area contributed by atoms with E-state index in [1.807, 2.05) is 7.05 Å². The first-order chi connectivity index (χ1) is 13.3. The highest BCUT2D eigenvalue weighted by Crippen LogP contribution is 2.07. The molecule has 0 saturated heterocycles. The SMILES string of the molecule is CCCCCCCCC(=O)OCCOCCOCCOCCOCCNC. The van der Waals surface area contributed by atoms with E-state index in [9.17, 15) is 4.79 Å². The summed E-state index contributed by atoms with van der Waals surface area (Å²) in [6.07, 6.45) is 7.53. The van der Waals surface area contributed by atoms with Gasteiger partial charge in [0, 0.05) is 13.0 Å². The van der Waals surface area contributed by atoms with Crippen molar-refractivity contribution in [3.63, 3.8) is 0 Å². The molecule has 0 aliphatic carbocycles. The van der Waals surface area contributed by atoms with Crippen LogP contribution in [0.3, 0.4) is 0 Å². The van der Waals surface area contributed by atoms with E-state index in [2.05, 4.69) is 12.2 Å². The number of carbonyl (C=O) groups is 1. The smallest absolute Gasteiger partial charge is 0.305 e. The lowest BCUT2D eigenvalue weighted by Crippen LogP contribution is -2.17. The van der Waals surface area contributed by atoms with Gasteiger partial charge in [0.2, 0.25) is 0 Å². The zero-order valence-corrected chi connectivity index (χ0v) is 17.5. The van der Waals surface area contributed by atoms with Gasteiger partial charge in [-0.1, -0.05) is 39.0 Å². The van der Waals surface area contributed by atoms with Crippen LogP contribution in [-0.2, 0) is 28.5 Å². The van der Waals surface area contributed by atoms with Gasteiger partial charge in [-0.25, -0.2) is 0 Å². The Balaban J connectivity index is 3.10. The van der Waals surface area contributed by atoms with Gasteiger partial charge in [-0.15, -0.1) is 0 Å². The van der Waals surface area contributed by atoms with Gasteiger partial charge in [0.25, 0.3) is 0 Å². The maximum Gasteiger partial charge on any atom is 0.305 e. The number of carbonyl (C=O) groups excluding carboxylic acids is 1. The van der Waals surface area contributed by atoms with Gasteiger partial charge in [-0.3, -0.25) is 4.79 Å². The number of unbranched alkanes of at least 4 members (excludes halogenated alkanes) is 5. The van der Waals surface area contributed by atoms with Crippen LogP contribution in [0.2, 0.25) is 0 Å². The molecule has 0 amide bonds. The molecule has 0 fully saturated rings. The molecule has 27 heavy (non-hydrogen) atoms. The third-order valence-electron chi connectivity index (χ3n) is 3.84. The van der Waals surface area contributed by atoms with E-state index in [1.54, 1.807) is 0 Å². The van der Waals surface area contributed by atoms with Gasteiger partial charge in [-0.2, -0.15) is 0 Å². The van der Waals surface area contributed by atoms with Crippen molar-refractivity contribution in [3.8, 4) is 0 Å². The van der Waals surface area contributed by atoms with E-state index in [-0.39, 0.29) is 5.97 Å². The number of hydrogen-bond donors (Lipinski definition) is 1. The Hall–Kier alpha value is -0.730. The van der Waals surface area contributed by atoms with E-state index < -0.39 is 0 Å². The Morgan fingerprint density at radius 3 is 1.70 bits per heavy atom. The molecule has 162 valence electrons. The molecular formula is C20H41NO6. The molecule has 7 heteroatoms. The Morgan fingerprint density at radius 2 is 1.15 bits per heavy atom. The van der Waals surface area contributed by atoms with Crippen LogP contribution in [0, 0.1) is 0 Å².